The second-order valence-electron chi connectivity index (χ2n) is 3.38. The second-order valence-corrected chi connectivity index (χ2v) is 5.39. The molecule has 0 spiro atoms. The molecule has 16 heavy (non-hydrogen) atoms. The number of hydrogen-bond donors (Lipinski definition) is 2. The molecule has 0 aliphatic heterocycles. The topological polar surface area (TPSA) is 84.5 Å². The summed E-state index contributed by atoms with van der Waals surface area (Å²) in [5, 5.41) is 2.89. The van der Waals surface area contributed by atoms with Gasteiger partial charge in [0.15, 0.2) is 15.8 Å². The Balaban J connectivity index is 2.73. The minimum Gasteiger partial charge on any atom is -0.370 e. The maximum Gasteiger partial charge on any atom is 0.188 e. The average Bonchev–Trinajstić information content (AvgIpc) is 2.25. The minimum atomic E-state index is -3.12. The number of hydrogen-bond acceptors (Lipinski definition) is 3. The fourth-order valence-corrected chi connectivity index (χ4v) is 1.76. The van der Waals surface area contributed by atoms with Crippen molar-refractivity contribution >= 4 is 15.8 Å². The first-order valence-electron chi connectivity index (χ1n) is 4.68. The number of nitrogens with two attached hydrogens (primary N) is 1. The van der Waals surface area contributed by atoms with Crippen LogP contribution >= 0.6 is 0 Å². The Morgan fingerprint density at radius 3 is 2.38 bits per heavy atom. The molecule has 0 radical (unpaired) electrons. The lowest BCUT2D eigenvalue weighted by molar-refractivity contribution is 0.602. The summed E-state index contributed by atoms with van der Waals surface area (Å²) in [4.78, 5) is 4.06. The summed E-state index contributed by atoms with van der Waals surface area (Å²) in [5.41, 5.74) is 6.41. The lowest BCUT2D eigenvalue weighted by Crippen LogP contribution is -2.30. The van der Waals surface area contributed by atoms with Gasteiger partial charge in [0, 0.05) is 19.8 Å². The van der Waals surface area contributed by atoms with E-state index in [0.717, 1.165) is 5.56 Å². The standard InChI is InChI=1S/C10H15N3O2S/c1-12-10(11)13-7-8-3-5-9(6-4-8)16(2,14)15/h3-6H,7H2,1-2H3,(H3,11,12,13). The van der Waals surface area contributed by atoms with Gasteiger partial charge >= 0.3 is 0 Å². The summed E-state index contributed by atoms with van der Waals surface area (Å²) in [5.74, 6) is 0.354. The highest BCUT2D eigenvalue weighted by molar-refractivity contribution is 7.90. The first-order chi connectivity index (χ1) is 7.43. The van der Waals surface area contributed by atoms with Crippen molar-refractivity contribution in [2.75, 3.05) is 13.3 Å². The van der Waals surface area contributed by atoms with Crippen LogP contribution in [-0.4, -0.2) is 27.7 Å². The van der Waals surface area contributed by atoms with Crippen LogP contribution in [0.2, 0.25) is 0 Å². The van der Waals surface area contributed by atoms with E-state index >= 15 is 0 Å². The van der Waals surface area contributed by atoms with Crippen molar-refractivity contribution in [1.82, 2.24) is 5.32 Å². The van der Waals surface area contributed by atoms with Gasteiger partial charge in [-0.1, -0.05) is 12.1 Å². The highest BCUT2D eigenvalue weighted by Crippen LogP contribution is 2.09. The van der Waals surface area contributed by atoms with Crippen LogP contribution in [0.3, 0.4) is 0 Å². The molecule has 0 unspecified atom stereocenters. The highest BCUT2D eigenvalue weighted by Gasteiger charge is 2.05. The molecule has 0 aliphatic carbocycles. The molecule has 1 aromatic carbocycles. The van der Waals surface area contributed by atoms with Crippen LogP contribution in [0.5, 0.6) is 0 Å². The number of benzene rings is 1. The first kappa shape index (κ1) is 12.5. The van der Waals surface area contributed by atoms with Crippen molar-refractivity contribution in [1.29, 1.82) is 0 Å². The van der Waals surface area contributed by atoms with Crippen molar-refractivity contribution in [3.63, 3.8) is 0 Å². The van der Waals surface area contributed by atoms with Gasteiger partial charge < -0.3 is 11.1 Å². The SMILES string of the molecule is CN=C(N)NCc1ccc(S(C)(=O)=O)cc1. The molecule has 0 heterocycles. The molecule has 3 N–H and O–H groups in total. The Morgan fingerprint density at radius 1 is 1.38 bits per heavy atom. The molecule has 6 heteroatoms. The molecule has 0 aliphatic rings. The van der Waals surface area contributed by atoms with Crippen LogP contribution < -0.4 is 11.1 Å². The molecular formula is C10H15N3O2S. The van der Waals surface area contributed by atoms with Crippen LogP contribution in [0.1, 0.15) is 5.56 Å². The molecule has 0 atom stereocenters. The number of aliphatic imine (C=N–C) groups is 1. The zero-order chi connectivity index (χ0) is 12.2. The third kappa shape index (κ3) is 3.54. The van der Waals surface area contributed by atoms with Crippen molar-refractivity contribution in [2.45, 2.75) is 11.4 Å². The summed E-state index contributed by atoms with van der Waals surface area (Å²) in [6.07, 6.45) is 1.18. The van der Waals surface area contributed by atoms with E-state index in [1.165, 1.54) is 6.26 Å². The van der Waals surface area contributed by atoms with Gasteiger partial charge in [-0.25, -0.2) is 8.42 Å². The average molecular weight is 241 g/mol. The third-order valence-electron chi connectivity index (χ3n) is 2.07. The normalized spacial score (nSPS) is 12.5. The zero-order valence-electron chi connectivity index (χ0n) is 9.27. The third-order valence-corrected chi connectivity index (χ3v) is 3.19. The Kier molecular flexibility index (Phi) is 3.89. The molecule has 88 valence electrons. The van der Waals surface area contributed by atoms with Crippen LogP contribution in [0.25, 0.3) is 0 Å². The van der Waals surface area contributed by atoms with Crippen LogP contribution in [0.4, 0.5) is 0 Å². The van der Waals surface area contributed by atoms with Crippen molar-refractivity contribution in [3.8, 4) is 0 Å². The number of nitrogens with zero attached hydrogens (tertiary/aromatic N) is 1. The Morgan fingerprint density at radius 2 is 1.94 bits per heavy atom. The van der Waals surface area contributed by atoms with E-state index in [1.54, 1.807) is 31.3 Å². The van der Waals surface area contributed by atoms with E-state index in [4.69, 9.17) is 5.73 Å². The predicted molar refractivity (Wildman–Crippen MR) is 63.9 cm³/mol. The summed E-state index contributed by atoms with van der Waals surface area (Å²) in [6.45, 7) is 0.521. The number of nitrogens with one attached hydrogen (secondary N) is 1. The monoisotopic (exact) mass is 241 g/mol. The molecule has 1 aromatic rings. The molecule has 0 bridgehead atoms. The van der Waals surface area contributed by atoms with Gasteiger partial charge in [-0.3, -0.25) is 4.99 Å². The Bertz CT molecular complexity index is 477. The van der Waals surface area contributed by atoms with E-state index in [1.807, 2.05) is 0 Å². The lowest BCUT2D eigenvalue weighted by atomic mass is 10.2. The first-order valence-corrected chi connectivity index (χ1v) is 6.58. The van der Waals surface area contributed by atoms with Crippen molar-refractivity contribution in [3.05, 3.63) is 29.8 Å². The number of sulfone groups is 1. The highest BCUT2D eigenvalue weighted by atomic mass is 32.2. The molecule has 0 aromatic heterocycles. The summed E-state index contributed by atoms with van der Waals surface area (Å²) in [6, 6.07) is 6.63. The zero-order valence-corrected chi connectivity index (χ0v) is 10.1. The van der Waals surface area contributed by atoms with E-state index in [-0.39, 0.29) is 0 Å². The predicted octanol–water partition coefficient (Wildman–Crippen LogP) is 0.124. The molecule has 0 saturated carbocycles. The van der Waals surface area contributed by atoms with Gasteiger partial charge in [0.05, 0.1) is 4.90 Å². The number of rotatable bonds is 3. The molecule has 0 fully saturated rings. The van der Waals surface area contributed by atoms with Gasteiger partial charge in [-0.15, -0.1) is 0 Å². The fraction of sp³-hybridized carbons (Fsp3) is 0.300. The maximum absolute atomic E-state index is 11.2. The quantitative estimate of drug-likeness (QED) is 0.581. The fourth-order valence-electron chi connectivity index (χ4n) is 1.13. The van der Waals surface area contributed by atoms with Crippen LogP contribution in [0.15, 0.2) is 34.2 Å². The smallest absolute Gasteiger partial charge is 0.188 e. The van der Waals surface area contributed by atoms with Gasteiger partial charge in [-0.2, -0.15) is 0 Å². The largest absolute Gasteiger partial charge is 0.370 e. The minimum absolute atomic E-state index is 0.313. The van der Waals surface area contributed by atoms with Gasteiger partial charge in [0.1, 0.15) is 0 Å². The van der Waals surface area contributed by atoms with Crippen LogP contribution in [0, 0.1) is 0 Å². The van der Waals surface area contributed by atoms with Gasteiger partial charge in [0.25, 0.3) is 0 Å². The molecule has 1 rings (SSSR count). The lowest BCUT2D eigenvalue weighted by Gasteiger charge is -2.05. The molecule has 5 nitrogen and oxygen atoms in total. The van der Waals surface area contributed by atoms with E-state index in [2.05, 4.69) is 10.3 Å². The van der Waals surface area contributed by atoms with Gasteiger partial charge in [0.2, 0.25) is 0 Å². The summed E-state index contributed by atoms with van der Waals surface area (Å²) < 4.78 is 22.4. The Labute approximate surface area is 95.3 Å². The van der Waals surface area contributed by atoms with E-state index in [0.29, 0.717) is 17.4 Å². The van der Waals surface area contributed by atoms with Crippen molar-refractivity contribution in [2.24, 2.45) is 10.7 Å². The molecule has 0 saturated heterocycles. The second kappa shape index (κ2) is 4.98. The maximum atomic E-state index is 11.2. The Hall–Kier alpha value is -1.56. The van der Waals surface area contributed by atoms with E-state index < -0.39 is 9.84 Å². The summed E-state index contributed by atoms with van der Waals surface area (Å²) >= 11 is 0. The summed E-state index contributed by atoms with van der Waals surface area (Å²) in [7, 11) is -1.53. The molecular weight excluding hydrogens is 226 g/mol. The van der Waals surface area contributed by atoms with Crippen molar-refractivity contribution < 1.29 is 8.42 Å². The van der Waals surface area contributed by atoms with E-state index in [9.17, 15) is 8.42 Å². The van der Waals surface area contributed by atoms with Gasteiger partial charge in [-0.05, 0) is 17.7 Å². The number of guanidine groups is 1. The van der Waals surface area contributed by atoms with Crippen LogP contribution in [-0.2, 0) is 16.4 Å². The molecule has 0 amide bonds.